The van der Waals surface area contributed by atoms with E-state index in [1.807, 2.05) is 0 Å². The molecular formula is C19H12Cl3F3N4S. The lowest BCUT2D eigenvalue weighted by molar-refractivity contribution is -0.137. The molecule has 0 saturated carbocycles. The molecule has 2 N–H and O–H groups in total. The van der Waals surface area contributed by atoms with Crippen molar-refractivity contribution in [1.82, 2.24) is 9.78 Å². The molecule has 2 aromatic carbocycles. The van der Waals surface area contributed by atoms with Crippen LogP contribution in [0.4, 0.5) is 13.2 Å². The Morgan fingerprint density at radius 2 is 1.90 bits per heavy atom. The second kappa shape index (κ2) is 7.89. The van der Waals surface area contributed by atoms with Gasteiger partial charge in [0.2, 0.25) is 0 Å². The molecule has 0 saturated heterocycles. The summed E-state index contributed by atoms with van der Waals surface area (Å²) < 4.78 is 41.2. The molecule has 1 unspecified atom stereocenters. The molecule has 3 rings (SSSR count). The van der Waals surface area contributed by atoms with Crippen LogP contribution in [0.15, 0.2) is 30.5 Å². The van der Waals surface area contributed by atoms with Gasteiger partial charge in [-0.25, -0.2) is 0 Å². The Balaban J connectivity index is 2.16. The fraction of sp³-hybridized carbons (Fsp3) is 0.211. The van der Waals surface area contributed by atoms with Crippen LogP contribution in [0.25, 0.3) is 10.9 Å². The van der Waals surface area contributed by atoms with Gasteiger partial charge in [-0.1, -0.05) is 53.1 Å². The lowest BCUT2D eigenvalue weighted by Gasteiger charge is -2.26. The van der Waals surface area contributed by atoms with E-state index in [1.54, 1.807) is 6.20 Å². The van der Waals surface area contributed by atoms with Gasteiger partial charge < -0.3 is 5.73 Å². The Morgan fingerprint density at radius 1 is 1.23 bits per heavy atom. The molecule has 0 bridgehead atoms. The first kappa shape index (κ1) is 22.6. The van der Waals surface area contributed by atoms with E-state index in [2.05, 4.69) is 11.2 Å². The molecular weight excluding hydrogens is 480 g/mol. The predicted molar refractivity (Wildman–Crippen MR) is 115 cm³/mol. The SMILES string of the molecule is CC(C#N)(Cn1cc2c(Cl)cc(Cl)c(Cl)c2n1)c1cc(C(F)(F)F)ccc1C(N)=S. The third kappa shape index (κ3) is 4.08. The maximum absolute atomic E-state index is 13.3. The first-order chi connectivity index (χ1) is 13.9. The molecule has 3 aromatic rings. The van der Waals surface area contributed by atoms with Crippen molar-refractivity contribution in [2.24, 2.45) is 5.73 Å². The Bertz CT molecular complexity index is 1220. The number of hydrogen-bond donors (Lipinski definition) is 1. The van der Waals surface area contributed by atoms with Crippen molar-refractivity contribution in [2.75, 3.05) is 0 Å². The van der Waals surface area contributed by atoms with Crippen molar-refractivity contribution >= 4 is 62.9 Å². The van der Waals surface area contributed by atoms with E-state index in [-0.39, 0.29) is 32.7 Å². The van der Waals surface area contributed by atoms with Gasteiger partial charge in [0.25, 0.3) is 0 Å². The van der Waals surface area contributed by atoms with Crippen LogP contribution in [0.5, 0.6) is 0 Å². The van der Waals surface area contributed by atoms with Gasteiger partial charge in [-0.3, -0.25) is 4.68 Å². The number of rotatable bonds is 4. The number of nitriles is 1. The van der Waals surface area contributed by atoms with Crippen molar-refractivity contribution in [3.8, 4) is 6.07 Å². The van der Waals surface area contributed by atoms with Gasteiger partial charge in [0, 0.05) is 17.1 Å². The Morgan fingerprint density at radius 3 is 2.47 bits per heavy atom. The van der Waals surface area contributed by atoms with E-state index in [1.165, 1.54) is 23.7 Å². The molecule has 0 fully saturated rings. The molecule has 1 heterocycles. The molecule has 0 radical (unpaired) electrons. The first-order valence-electron chi connectivity index (χ1n) is 8.31. The lowest BCUT2D eigenvalue weighted by atomic mass is 9.80. The highest BCUT2D eigenvalue weighted by atomic mass is 35.5. The molecule has 1 aromatic heterocycles. The van der Waals surface area contributed by atoms with E-state index in [0.29, 0.717) is 15.9 Å². The summed E-state index contributed by atoms with van der Waals surface area (Å²) in [6.45, 7) is 1.37. The highest BCUT2D eigenvalue weighted by Gasteiger charge is 2.36. The Labute approximate surface area is 189 Å². The zero-order valence-corrected chi connectivity index (χ0v) is 18.3. The molecule has 30 heavy (non-hydrogen) atoms. The summed E-state index contributed by atoms with van der Waals surface area (Å²) in [5.74, 6) is 0. The van der Waals surface area contributed by atoms with E-state index in [9.17, 15) is 18.4 Å². The molecule has 0 amide bonds. The van der Waals surface area contributed by atoms with E-state index >= 15 is 0 Å². The van der Waals surface area contributed by atoms with Crippen LogP contribution >= 0.6 is 47.0 Å². The van der Waals surface area contributed by atoms with Crippen LogP contribution in [-0.4, -0.2) is 14.8 Å². The second-order valence-corrected chi connectivity index (χ2v) is 8.44. The van der Waals surface area contributed by atoms with Crippen molar-refractivity contribution in [2.45, 2.75) is 25.1 Å². The number of alkyl halides is 3. The summed E-state index contributed by atoms with van der Waals surface area (Å²) in [6.07, 6.45) is -3.05. The van der Waals surface area contributed by atoms with Gasteiger partial charge in [-0.2, -0.15) is 23.5 Å². The first-order valence-corrected chi connectivity index (χ1v) is 9.85. The Kier molecular flexibility index (Phi) is 5.95. The quantitative estimate of drug-likeness (QED) is 0.352. The van der Waals surface area contributed by atoms with E-state index in [0.717, 1.165) is 12.1 Å². The van der Waals surface area contributed by atoms with E-state index < -0.39 is 17.2 Å². The van der Waals surface area contributed by atoms with Crippen LogP contribution in [0, 0.1) is 11.3 Å². The fourth-order valence-electron chi connectivity index (χ4n) is 3.10. The number of hydrogen-bond acceptors (Lipinski definition) is 3. The summed E-state index contributed by atoms with van der Waals surface area (Å²) in [4.78, 5) is -0.122. The van der Waals surface area contributed by atoms with Crippen LogP contribution in [-0.2, 0) is 18.1 Å². The largest absolute Gasteiger partial charge is 0.416 e. The molecule has 4 nitrogen and oxygen atoms in total. The standard InChI is InChI=1S/C19H12Cl3F3N4S/c1-18(7-26,12-4-9(19(23,24)25)2-3-10(12)17(27)30)8-29-6-11-13(20)5-14(21)15(22)16(11)28-29/h2-6H,8H2,1H3,(H2,27,30). The minimum atomic E-state index is -4.60. The summed E-state index contributed by atoms with van der Waals surface area (Å²) in [5.41, 5.74) is 3.87. The second-order valence-electron chi connectivity index (χ2n) is 6.81. The van der Waals surface area contributed by atoms with Crippen molar-refractivity contribution in [3.63, 3.8) is 0 Å². The summed E-state index contributed by atoms with van der Waals surface area (Å²) in [5, 5.41) is 15.4. The minimum Gasteiger partial charge on any atom is -0.389 e. The van der Waals surface area contributed by atoms with Crippen molar-refractivity contribution in [1.29, 1.82) is 5.26 Å². The lowest BCUT2D eigenvalue weighted by Crippen LogP contribution is -2.30. The average Bonchev–Trinajstić information content (AvgIpc) is 3.09. The third-order valence-corrected chi connectivity index (χ3v) is 5.93. The van der Waals surface area contributed by atoms with Gasteiger partial charge in [0.05, 0.1) is 38.7 Å². The number of aromatic nitrogens is 2. The number of nitrogens with two attached hydrogens (primary N) is 1. The molecule has 156 valence electrons. The van der Waals surface area contributed by atoms with Crippen LogP contribution in [0.1, 0.15) is 23.6 Å². The molecule has 0 aliphatic carbocycles. The van der Waals surface area contributed by atoms with Gasteiger partial charge in [-0.15, -0.1) is 0 Å². The summed E-state index contributed by atoms with van der Waals surface area (Å²) in [7, 11) is 0. The normalized spacial score (nSPS) is 13.8. The van der Waals surface area contributed by atoms with Crippen LogP contribution in [0.2, 0.25) is 15.1 Å². The topological polar surface area (TPSA) is 67.6 Å². The highest BCUT2D eigenvalue weighted by molar-refractivity contribution is 7.80. The van der Waals surface area contributed by atoms with Crippen molar-refractivity contribution < 1.29 is 13.2 Å². The maximum atomic E-state index is 13.3. The smallest absolute Gasteiger partial charge is 0.389 e. The predicted octanol–water partition coefficient (Wildman–Crippen LogP) is 6.13. The van der Waals surface area contributed by atoms with Gasteiger partial charge in [0.15, 0.2) is 0 Å². The maximum Gasteiger partial charge on any atom is 0.416 e. The van der Waals surface area contributed by atoms with Gasteiger partial charge >= 0.3 is 6.18 Å². The monoisotopic (exact) mass is 490 g/mol. The zero-order valence-electron chi connectivity index (χ0n) is 15.2. The van der Waals surface area contributed by atoms with Gasteiger partial charge in [-0.05, 0) is 30.7 Å². The van der Waals surface area contributed by atoms with Crippen molar-refractivity contribution in [3.05, 3.63) is 62.2 Å². The molecule has 0 aliphatic heterocycles. The number of thiocarbonyl (C=S) groups is 1. The van der Waals surface area contributed by atoms with Crippen LogP contribution < -0.4 is 5.73 Å². The molecule has 0 aliphatic rings. The van der Waals surface area contributed by atoms with Crippen LogP contribution in [0.3, 0.4) is 0 Å². The minimum absolute atomic E-state index is 0.0436. The number of benzene rings is 2. The average molecular weight is 492 g/mol. The Hall–Kier alpha value is -2.05. The summed E-state index contributed by atoms with van der Waals surface area (Å²) >= 11 is 23.4. The molecule has 1 atom stereocenters. The highest BCUT2D eigenvalue weighted by Crippen LogP contribution is 2.38. The molecule has 0 spiro atoms. The van der Waals surface area contributed by atoms with E-state index in [4.69, 9.17) is 52.8 Å². The summed E-state index contributed by atoms with van der Waals surface area (Å²) in [6, 6.07) is 6.46. The molecule has 11 heteroatoms. The number of halogens is 6. The fourth-order valence-corrected chi connectivity index (χ4v) is 3.98. The van der Waals surface area contributed by atoms with Gasteiger partial charge in [0.1, 0.15) is 10.5 Å². The number of fused-ring (bicyclic) bond motifs is 1. The number of nitrogens with zero attached hydrogens (tertiary/aromatic N) is 3. The third-order valence-electron chi connectivity index (χ3n) is 4.62. The zero-order chi connectivity index (χ0) is 22.4.